The third kappa shape index (κ3) is 4.38. The van der Waals surface area contributed by atoms with Gasteiger partial charge in [0, 0.05) is 12.6 Å². The van der Waals surface area contributed by atoms with Crippen molar-refractivity contribution in [3.05, 3.63) is 76.2 Å². The molecule has 1 aliphatic rings. The molecule has 1 aliphatic heterocycles. The highest BCUT2D eigenvalue weighted by Gasteiger charge is 2.28. The van der Waals surface area contributed by atoms with Gasteiger partial charge in [0.25, 0.3) is 0 Å². The Hall–Kier alpha value is -2.19. The standard InChI is InChI=1S/C20H17Cl2NO5S/c21-17-5-3-14(10-18(17)22)12-23(13-15-2-1-7-26-15)29(24,25)16-4-6-19-20(11-16)28-9-8-27-19/h1-7,10-11H,8-9,12-13H2. The second-order valence-corrected chi connectivity index (χ2v) is 9.16. The molecule has 29 heavy (non-hydrogen) atoms. The highest BCUT2D eigenvalue weighted by molar-refractivity contribution is 7.89. The number of furan rings is 1. The molecule has 6 nitrogen and oxygen atoms in total. The zero-order chi connectivity index (χ0) is 20.4. The fourth-order valence-electron chi connectivity index (χ4n) is 2.98. The summed E-state index contributed by atoms with van der Waals surface area (Å²) >= 11 is 12.1. The normalized spacial score (nSPS) is 13.6. The van der Waals surface area contributed by atoms with Crippen LogP contribution in [0.2, 0.25) is 10.0 Å². The van der Waals surface area contributed by atoms with E-state index in [-0.39, 0.29) is 18.0 Å². The number of hydrogen-bond donors (Lipinski definition) is 0. The molecule has 3 aromatic rings. The number of ether oxygens (including phenoxy) is 2. The predicted molar refractivity (Wildman–Crippen MR) is 109 cm³/mol. The molecule has 0 amide bonds. The van der Waals surface area contributed by atoms with Gasteiger partial charge in [-0.1, -0.05) is 29.3 Å². The van der Waals surface area contributed by atoms with Gasteiger partial charge in [0.1, 0.15) is 19.0 Å². The molecule has 152 valence electrons. The lowest BCUT2D eigenvalue weighted by atomic mass is 10.2. The molecule has 2 aromatic carbocycles. The summed E-state index contributed by atoms with van der Waals surface area (Å²) in [4.78, 5) is 0.105. The summed E-state index contributed by atoms with van der Waals surface area (Å²) in [5, 5.41) is 0.765. The number of rotatable bonds is 6. The van der Waals surface area contributed by atoms with Gasteiger partial charge in [0.15, 0.2) is 11.5 Å². The second kappa shape index (κ2) is 8.28. The molecule has 0 fully saturated rings. The summed E-state index contributed by atoms with van der Waals surface area (Å²) in [5.41, 5.74) is 0.701. The minimum absolute atomic E-state index is 0.0595. The molecule has 0 atom stereocenters. The fourth-order valence-corrected chi connectivity index (χ4v) is 4.71. The zero-order valence-corrected chi connectivity index (χ0v) is 17.5. The monoisotopic (exact) mass is 453 g/mol. The highest BCUT2D eigenvalue weighted by Crippen LogP contribution is 2.34. The first kappa shape index (κ1) is 20.1. The number of fused-ring (bicyclic) bond motifs is 1. The van der Waals surface area contributed by atoms with Crippen molar-refractivity contribution >= 4 is 33.2 Å². The number of benzene rings is 2. The van der Waals surface area contributed by atoms with Crippen molar-refractivity contribution in [2.45, 2.75) is 18.0 Å². The Morgan fingerprint density at radius 3 is 2.41 bits per heavy atom. The van der Waals surface area contributed by atoms with Crippen molar-refractivity contribution in [3.63, 3.8) is 0 Å². The fraction of sp³-hybridized carbons (Fsp3) is 0.200. The van der Waals surface area contributed by atoms with Crippen LogP contribution < -0.4 is 9.47 Å². The van der Waals surface area contributed by atoms with Crippen LogP contribution in [0.3, 0.4) is 0 Å². The summed E-state index contributed by atoms with van der Waals surface area (Å²) in [6.07, 6.45) is 1.50. The van der Waals surface area contributed by atoms with Gasteiger partial charge in [-0.25, -0.2) is 8.42 Å². The van der Waals surface area contributed by atoms with E-state index in [1.54, 1.807) is 36.4 Å². The van der Waals surface area contributed by atoms with Gasteiger partial charge in [-0.15, -0.1) is 0 Å². The van der Waals surface area contributed by atoms with Crippen molar-refractivity contribution in [2.75, 3.05) is 13.2 Å². The maximum Gasteiger partial charge on any atom is 0.243 e. The lowest BCUT2D eigenvalue weighted by Crippen LogP contribution is -2.30. The molecule has 4 rings (SSSR count). The van der Waals surface area contributed by atoms with Crippen molar-refractivity contribution in [1.82, 2.24) is 4.31 Å². The Morgan fingerprint density at radius 1 is 0.897 bits per heavy atom. The van der Waals surface area contributed by atoms with Crippen LogP contribution in [-0.2, 0) is 23.1 Å². The van der Waals surface area contributed by atoms with Gasteiger partial charge in [-0.05, 0) is 42.0 Å². The van der Waals surface area contributed by atoms with Crippen LogP contribution in [0.4, 0.5) is 0 Å². The van der Waals surface area contributed by atoms with Gasteiger partial charge in [0.2, 0.25) is 10.0 Å². The number of halogens is 2. The lowest BCUT2D eigenvalue weighted by molar-refractivity contribution is 0.171. The van der Waals surface area contributed by atoms with E-state index >= 15 is 0 Å². The molecule has 0 radical (unpaired) electrons. The number of hydrogen-bond acceptors (Lipinski definition) is 5. The third-order valence-corrected chi connectivity index (χ3v) is 6.93. The first-order valence-corrected chi connectivity index (χ1v) is 11.0. The average molecular weight is 454 g/mol. The van der Waals surface area contributed by atoms with E-state index in [1.165, 1.54) is 22.7 Å². The van der Waals surface area contributed by atoms with Gasteiger partial charge in [-0.3, -0.25) is 0 Å². The largest absolute Gasteiger partial charge is 0.486 e. The molecule has 2 heterocycles. The quantitative estimate of drug-likeness (QED) is 0.538. The molecule has 0 bridgehead atoms. The zero-order valence-electron chi connectivity index (χ0n) is 15.2. The maximum atomic E-state index is 13.4. The highest BCUT2D eigenvalue weighted by atomic mass is 35.5. The number of sulfonamides is 1. The summed E-state index contributed by atoms with van der Waals surface area (Å²) < 4.78 is 44.6. The van der Waals surface area contributed by atoms with E-state index < -0.39 is 10.0 Å². The van der Waals surface area contributed by atoms with Crippen LogP contribution in [0, 0.1) is 0 Å². The minimum atomic E-state index is -3.87. The lowest BCUT2D eigenvalue weighted by Gasteiger charge is -2.23. The van der Waals surface area contributed by atoms with E-state index in [9.17, 15) is 8.42 Å². The van der Waals surface area contributed by atoms with Crippen LogP contribution in [-0.4, -0.2) is 25.9 Å². The SMILES string of the molecule is O=S(=O)(c1ccc2c(c1)OCCO2)N(Cc1ccc(Cl)c(Cl)c1)Cc1ccco1. The topological polar surface area (TPSA) is 69.0 Å². The van der Waals surface area contributed by atoms with E-state index in [4.69, 9.17) is 37.1 Å². The van der Waals surface area contributed by atoms with Crippen LogP contribution in [0.5, 0.6) is 11.5 Å². The second-order valence-electron chi connectivity index (χ2n) is 6.41. The summed E-state index contributed by atoms with van der Waals surface area (Å²) in [6, 6.07) is 13.1. The maximum absolute atomic E-state index is 13.4. The van der Waals surface area contributed by atoms with E-state index in [0.29, 0.717) is 46.1 Å². The van der Waals surface area contributed by atoms with Gasteiger partial charge < -0.3 is 13.9 Å². The Morgan fingerprint density at radius 2 is 1.69 bits per heavy atom. The van der Waals surface area contributed by atoms with Crippen molar-refractivity contribution in [3.8, 4) is 11.5 Å². The first-order valence-electron chi connectivity index (χ1n) is 8.79. The third-order valence-electron chi connectivity index (χ3n) is 4.41. The molecular formula is C20H17Cl2NO5S. The molecule has 1 aromatic heterocycles. The minimum Gasteiger partial charge on any atom is -0.486 e. The Kier molecular flexibility index (Phi) is 5.74. The first-order chi connectivity index (χ1) is 13.9. The van der Waals surface area contributed by atoms with E-state index in [2.05, 4.69) is 0 Å². The van der Waals surface area contributed by atoms with Crippen molar-refractivity contribution < 1.29 is 22.3 Å². The van der Waals surface area contributed by atoms with E-state index in [0.717, 1.165) is 0 Å². The molecule has 0 spiro atoms. The van der Waals surface area contributed by atoms with E-state index in [1.807, 2.05) is 0 Å². The van der Waals surface area contributed by atoms with Crippen LogP contribution in [0.15, 0.2) is 64.1 Å². The van der Waals surface area contributed by atoms with Crippen LogP contribution in [0.25, 0.3) is 0 Å². The van der Waals surface area contributed by atoms with Gasteiger partial charge in [-0.2, -0.15) is 4.31 Å². The number of nitrogens with zero attached hydrogens (tertiary/aromatic N) is 1. The molecule has 0 unspecified atom stereocenters. The van der Waals surface area contributed by atoms with Crippen LogP contribution >= 0.6 is 23.2 Å². The van der Waals surface area contributed by atoms with Gasteiger partial charge >= 0.3 is 0 Å². The Bertz CT molecular complexity index is 1120. The molecular weight excluding hydrogens is 437 g/mol. The summed E-state index contributed by atoms with van der Waals surface area (Å²) in [7, 11) is -3.87. The Labute approximate surface area is 178 Å². The Balaban J connectivity index is 1.69. The summed E-state index contributed by atoms with van der Waals surface area (Å²) in [6.45, 7) is 0.954. The molecule has 0 saturated heterocycles. The average Bonchev–Trinajstić information content (AvgIpc) is 3.23. The van der Waals surface area contributed by atoms with Crippen molar-refractivity contribution in [1.29, 1.82) is 0 Å². The molecule has 0 aliphatic carbocycles. The smallest absolute Gasteiger partial charge is 0.243 e. The molecule has 0 N–H and O–H groups in total. The predicted octanol–water partition coefficient (Wildman–Crippen LogP) is 4.75. The summed E-state index contributed by atoms with van der Waals surface area (Å²) in [5.74, 6) is 1.45. The molecule has 0 saturated carbocycles. The van der Waals surface area contributed by atoms with Gasteiger partial charge in [0.05, 0.1) is 27.7 Å². The van der Waals surface area contributed by atoms with Crippen molar-refractivity contribution in [2.24, 2.45) is 0 Å². The van der Waals surface area contributed by atoms with Crippen LogP contribution in [0.1, 0.15) is 11.3 Å². The molecule has 9 heteroatoms.